The molecule has 0 bridgehead atoms. The van der Waals surface area contributed by atoms with E-state index in [9.17, 15) is 9.59 Å². The average Bonchev–Trinajstić information content (AvgIpc) is 2.63. The van der Waals surface area contributed by atoms with Gasteiger partial charge in [-0.2, -0.15) is 0 Å². The highest BCUT2D eigenvalue weighted by molar-refractivity contribution is 5.95. The van der Waals surface area contributed by atoms with Crippen molar-refractivity contribution < 1.29 is 9.59 Å². The Morgan fingerprint density at radius 2 is 2.08 bits per heavy atom. The van der Waals surface area contributed by atoms with E-state index in [0.29, 0.717) is 12.0 Å². The molecular weight excluding hydrogens is 328 g/mol. The van der Waals surface area contributed by atoms with E-state index in [1.165, 1.54) is 0 Å². The van der Waals surface area contributed by atoms with Gasteiger partial charge in [-0.05, 0) is 33.1 Å². The van der Waals surface area contributed by atoms with Crippen molar-refractivity contribution in [1.82, 2.24) is 19.8 Å². The van der Waals surface area contributed by atoms with E-state index in [4.69, 9.17) is 0 Å². The topological polar surface area (TPSA) is 66.4 Å². The zero-order valence-electron chi connectivity index (χ0n) is 16.4. The van der Waals surface area contributed by atoms with Gasteiger partial charge in [0.1, 0.15) is 5.82 Å². The lowest BCUT2D eigenvalue weighted by atomic mass is 9.73. The molecule has 2 fully saturated rings. The monoisotopic (exact) mass is 358 g/mol. The van der Waals surface area contributed by atoms with Crippen LogP contribution in [-0.4, -0.2) is 57.8 Å². The molecule has 1 spiro atoms. The molecule has 0 N–H and O–H groups in total. The lowest BCUT2D eigenvalue weighted by Crippen LogP contribution is -2.55. The number of amides is 2. The van der Waals surface area contributed by atoms with Crippen LogP contribution in [-0.2, 0) is 4.79 Å². The van der Waals surface area contributed by atoms with E-state index in [2.05, 4.69) is 23.8 Å². The molecular formula is C20H30N4O2. The summed E-state index contributed by atoms with van der Waals surface area (Å²) in [5.41, 5.74) is 1.40. The minimum Gasteiger partial charge on any atom is -0.342 e. The van der Waals surface area contributed by atoms with Crippen LogP contribution in [0, 0.1) is 12.3 Å². The molecule has 0 saturated carbocycles. The summed E-state index contributed by atoms with van der Waals surface area (Å²) in [4.78, 5) is 38.0. The second kappa shape index (κ2) is 7.33. The molecule has 0 aliphatic carbocycles. The minimum atomic E-state index is 0.0248. The molecule has 0 aromatic carbocycles. The summed E-state index contributed by atoms with van der Waals surface area (Å²) in [5.74, 6) is 1.29. The molecule has 2 amide bonds. The number of hydrogen-bond donors (Lipinski definition) is 0. The number of rotatable bonds is 3. The lowest BCUT2D eigenvalue weighted by molar-refractivity contribution is -0.138. The second-order valence-electron chi connectivity index (χ2n) is 8.12. The van der Waals surface area contributed by atoms with Gasteiger partial charge in [-0.15, -0.1) is 0 Å². The fourth-order valence-corrected chi connectivity index (χ4v) is 4.25. The maximum absolute atomic E-state index is 13.1. The highest BCUT2D eigenvalue weighted by Gasteiger charge is 2.42. The zero-order chi connectivity index (χ0) is 18.9. The highest BCUT2D eigenvalue weighted by Crippen LogP contribution is 2.39. The molecule has 3 heterocycles. The predicted molar refractivity (Wildman–Crippen MR) is 99.9 cm³/mol. The van der Waals surface area contributed by atoms with Gasteiger partial charge in [0.25, 0.3) is 5.91 Å². The maximum atomic E-state index is 13.1. The molecule has 2 aliphatic rings. The molecule has 6 nitrogen and oxygen atoms in total. The number of aryl methyl sites for hydroxylation is 1. The number of carbonyl (C=O) groups excluding carboxylic acids is 2. The maximum Gasteiger partial charge on any atom is 0.257 e. The van der Waals surface area contributed by atoms with Gasteiger partial charge in [0.15, 0.2) is 0 Å². The van der Waals surface area contributed by atoms with Gasteiger partial charge in [0, 0.05) is 50.1 Å². The largest absolute Gasteiger partial charge is 0.342 e. The van der Waals surface area contributed by atoms with Gasteiger partial charge in [-0.25, -0.2) is 9.97 Å². The number of piperidine rings is 2. The third-order valence-electron chi connectivity index (χ3n) is 5.82. The first-order valence-electron chi connectivity index (χ1n) is 9.76. The molecule has 1 aromatic rings. The first kappa shape index (κ1) is 18.8. The first-order chi connectivity index (χ1) is 12.3. The van der Waals surface area contributed by atoms with Crippen LogP contribution in [0.5, 0.6) is 0 Å². The number of nitrogens with zero attached hydrogens (tertiary/aromatic N) is 4. The highest BCUT2D eigenvalue weighted by atomic mass is 16.2. The van der Waals surface area contributed by atoms with Gasteiger partial charge in [-0.1, -0.05) is 13.8 Å². The molecule has 1 atom stereocenters. The molecule has 26 heavy (non-hydrogen) atoms. The fraction of sp³-hybridized carbons (Fsp3) is 0.700. The van der Waals surface area contributed by atoms with Crippen LogP contribution in [0.1, 0.15) is 74.2 Å². The molecule has 2 aliphatic heterocycles. The Bertz CT molecular complexity index is 703. The van der Waals surface area contributed by atoms with E-state index >= 15 is 0 Å². The van der Waals surface area contributed by atoms with Crippen molar-refractivity contribution >= 4 is 11.8 Å². The van der Waals surface area contributed by atoms with E-state index < -0.39 is 0 Å². The smallest absolute Gasteiger partial charge is 0.257 e. The summed E-state index contributed by atoms with van der Waals surface area (Å²) in [6.45, 7) is 11.0. The summed E-state index contributed by atoms with van der Waals surface area (Å²) in [6.07, 6.45) is 5.24. The van der Waals surface area contributed by atoms with Crippen LogP contribution >= 0.6 is 0 Å². The lowest BCUT2D eigenvalue weighted by Gasteiger charge is -2.48. The van der Waals surface area contributed by atoms with Gasteiger partial charge < -0.3 is 9.80 Å². The molecule has 0 radical (unpaired) electrons. The average molecular weight is 358 g/mol. The Hall–Kier alpha value is -1.98. The third kappa shape index (κ3) is 3.60. The summed E-state index contributed by atoms with van der Waals surface area (Å²) >= 11 is 0. The fourth-order valence-electron chi connectivity index (χ4n) is 4.25. The number of hydrogen-bond acceptors (Lipinski definition) is 4. The summed E-state index contributed by atoms with van der Waals surface area (Å²) < 4.78 is 0. The van der Waals surface area contributed by atoms with Crippen LogP contribution in [0.3, 0.4) is 0 Å². The standard InChI is InChI=1S/C20H30N4O2/c1-5-23-12-20(9-7-17(23)25)8-6-10-24(13-20)19(26)16-11-21-18(14(2)3)22-15(16)4/h11,14H,5-10,12-13H2,1-4H3/t20-/m1/s1. The van der Waals surface area contributed by atoms with Crippen molar-refractivity contribution in [3.8, 4) is 0 Å². The van der Waals surface area contributed by atoms with Crippen molar-refractivity contribution in [1.29, 1.82) is 0 Å². The van der Waals surface area contributed by atoms with Crippen LogP contribution in [0.4, 0.5) is 0 Å². The van der Waals surface area contributed by atoms with Crippen molar-refractivity contribution in [3.05, 3.63) is 23.3 Å². The predicted octanol–water partition coefficient (Wildman–Crippen LogP) is 2.77. The molecule has 6 heteroatoms. The van der Waals surface area contributed by atoms with Crippen molar-refractivity contribution in [2.75, 3.05) is 26.2 Å². The molecule has 0 unspecified atom stereocenters. The summed E-state index contributed by atoms with van der Waals surface area (Å²) in [6, 6.07) is 0. The first-order valence-corrected chi connectivity index (χ1v) is 9.76. The Morgan fingerprint density at radius 3 is 2.73 bits per heavy atom. The quantitative estimate of drug-likeness (QED) is 0.833. The van der Waals surface area contributed by atoms with Crippen molar-refractivity contribution in [2.45, 2.75) is 59.3 Å². The zero-order valence-corrected chi connectivity index (χ0v) is 16.4. The van der Waals surface area contributed by atoms with Crippen molar-refractivity contribution in [3.63, 3.8) is 0 Å². The van der Waals surface area contributed by atoms with E-state index in [1.807, 2.05) is 23.6 Å². The SMILES string of the molecule is CCN1C[C@@]2(CCCN(C(=O)c3cnc(C(C)C)nc3C)C2)CCC1=O. The number of likely N-dealkylation sites (tertiary alicyclic amines) is 2. The summed E-state index contributed by atoms with van der Waals surface area (Å²) in [5, 5.41) is 0. The molecule has 2 saturated heterocycles. The molecule has 3 rings (SSSR count). The third-order valence-corrected chi connectivity index (χ3v) is 5.82. The van der Waals surface area contributed by atoms with Gasteiger partial charge in [0.05, 0.1) is 11.3 Å². The van der Waals surface area contributed by atoms with Gasteiger partial charge >= 0.3 is 0 Å². The number of aromatic nitrogens is 2. The van der Waals surface area contributed by atoms with Crippen molar-refractivity contribution in [2.24, 2.45) is 5.41 Å². The van der Waals surface area contributed by atoms with Crippen LogP contribution in [0.2, 0.25) is 0 Å². The van der Waals surface area contributed by atoms with E-state index in [1.54, 1.807) is 6.20 Å². The second-order valence-corrected chi connectivity index (χ2v) is 8.12. The molecule has 142 valence electrons. The van der Waals surface area contributed by atoms with Crippen LogP contribution in [0.15, 0.2) is 6.20 Å². The van der Waals surface area contributed by atoms with Crippen LogP contribution < -0.4 is 0 Å². The van der Waals surface area contributed by atoms with Crippen LogP contribution in [0.25, 0.3) is 0 Å². The molecule has 1 aromatic heterocycles. The normalized spacial score (nSPS) is 23.8. The number of carbonyl (C=O) groups is 2. The van der Waals surface area contributed by atoms with E-state index in [0.717, 1.165) is 57.0 Å². The van der Waals surface area contributed by atoms with Gasteiger partial charge in [0.2, 0.25) is 5.91 Å². The van der Waals surface area contributed by atoms with E-state index in [-0.39, 0.29) is 23.1 Å². The van der Waals surface area contributed by atoms with Gasteiger partial charge in [-0.3, -0.25) is 9.59 Å². The Balaban J connectivity index is 1.77. The Morgan fingerprint density at radius 1 is 1.31 bits per heavy atom. The Kier molecular flexibility index (Phi) is 5.30. The summed E-state index contributed by atoms with van der Waals surface area (Å²) in [7, 11) is 0. The minimum absolute atomic E-state index is 0.0248. The Labute approximate surface area is 156 Å².